The molecule has 3 nitrogen and oxygen atoms in total. The van der Waals surface area contributed by atoms with Crippen LogP contribution in [0.1, 0.15) is 50.1 Å². The van der Waals surface area contributed by atoms with E-state index in [0.717, 1.165) is 5.56 Å². The van der Waals surface area contributed by atoms with E-state index < -0.39 is 11.9 Å². The van der Waals surface area contributed by atoms with Crippen molar-refractivity contribution in [1.82, 2.24) is 4.57 Å². The van der Waals surface area contributed by atoms with Crippen LogP contribution in [0.15, 0.2) is 30.5 Å². The van der Waals surface area contributed by atoms with E-state index in [4.69, 9.17) is 5.11 Å². The van der Waals surface area contributed by atoms with Crippen LogP contribution in [0.3, 0.4) is 0 Å². The Bertz CT molecular complexity index is 608. The van der Waals surface area contributed by atoms with Gasteiger partial charge < -0.3 is 9.67 Å². The molecule has 2 aromatic rings. The zero-order chi connectivity index (χ0) is 13.4. The average molecular weight is 257 g/mol. The van der Waals surface area contributed by atoms with Gasteiger partial charge in [0, 0.05) is 17.8 Å². The molecule has 0 saturated heterocycles. The molecule has 3 rings (SSSR count). The van der Waals surface area contributed by atoms with Gasteiger partial charge in [-0.1, -0.05) is 25.0 Å². The van der Waals surface area contributed by atoms with Crippen LogP contribution in [0.25, 0.3) is 10.9 Å². The molecule has 1 saturated carbocycles. The standard InChI is InChI=1S/C16H19NO2/c1-11(16(18)19)13-7-6-12-8-9-17(15(12)10-13)14-4-2-3-5-14/h6-11,14H,2-5H2,1H3,(H,18,19). The SMILES string of the molecule is CC(C(=O)O)c1ccc2ccn(C3CCCC3)c2c1. The van der Waals surface area contributed by atoms with Crippen LogP contribution in [-0.4, -0.2) is 15.6 Å². The van der Waals surface area contributed by atoms with E-state index in [-0.39, 0.29) is 0 Å². The van der Waals surface area contributed by atoms with Crippen LogP contribution >= 0.6 is 0 Å². The van der Waals surface area contributed by atoms with E-state index in [1.165, 1.54) is 36.6 Å². The molecule has 0 radical (unpaired) electrons. The van der Waals surface area contributed by atoms with Crippen molar-refractivity contribution in [3.8, 4) is 0 Å². The fourth-order valence-electron chi connectivity index (χ4n) is 3.08. The molecule has 100 valence electrons. The van der Waals surface area contributed by atoms with Crippen molar-refractivity contribution < 1.29 is 9.90 Å². The molecule has 1 unspecified atom stereocenters. The first-order valence-electron chi connectivity index (χ1n) is 7.00. The molecule has 19 heavy (non-hydrogen) atoms. The van der Waals surface area contributed by atoms with E-state index in [1.807, 2.05) is 18.2 Å². The number of rotatable bonds is 3. The predicted molar refractivity (Wildman–Crippen MR) is 75.5 cm³/mol. The monoisotopic (exact) mass is 257 g/mol. The van der Waals surface area contributed by atoms with Gasteiger partial charge in [-0.25, -0.2) is 0 Å². The van der Waals surface area contributed by atoms with Crippen LogP contribution < -0.4 is 0 Å². The van der Waals surface area contributed by atoms with Gasteiger partial charge in [0.2, 0.25) is 0 Å². The zero-order valence-electron chi connectivity index (χ0n) is 11.2. The predicted octanol–water partition coefficient (Wildman–Crippen LogP) is 3.94. The second-order valence-electron chi connectivity index (χ2n) is 5.54. The fourth-order valence-corrected chi connectivity index (χ4v) is 3.08. The maximum absolute atomic E-state index is 11.1. The summed E-state index contributed by atoms with van der Waals surface area (Å²) in [7, 11) is 0. The number of hydrogen-bond acceptors (Lipinski definition) is 1. The van der Waals surface area contributed by atoms with Crippen molar-refractivity contribution >= 4 is 16.9 Å². The number of benzene rings is 1. The molecular formula is C16H19NO2. The van der Waals surface area contributed by atoms with Gasteiger partial charge in [0.05, 0.1) is 5.92 Å². The molecule has 0 spiro atoms. The Kier molecular flexibility index (Phi) is 3.05. The van der Waals surface area contributed by atoms with Crippen LogP contribution in [0, 0.1) is 0 Å². The van der Waals surface area contributed by atoms with Gasteiger partial charge in [-0.15, -0.1) is 0 Å². The Morgan fingerprint density at radius 1 is 1.32 bits per heavy atom. The highest BCUT2D eigenvalue weighted by Crippen LogP contribution is 2.33. The lowest BCUT2D eigenvalue weighted by molar-refractivity contribution is -0.138. The summed E-state index contributed by atoms with van der Waals surface area (Å²) in [6.07, 6.45) is 7.23. The summed E-state index contributed by atoms with van der Waals surface area (Å²) in [4.78, 5) is 11.1. The topological polar surface area (TPSA) is 42.2 Å². The average Bonchev–Trinajstić information content (AvgIpc) is 3.05. The third-order valence-electron chi connectivity index (χ3n) is 4.34. The molecule has 0 bridgehead atoms. The molecule has 1 aliphatic carbocycles. The smallest absolute Gasteiger partial charge is 0.310 e. The molecule has 3 heteroatoms. The number of nitrogens with zero attached hydrogens (tertiary/aromatic N) is 1. The van der Waals surface area contributed by atoms with Gasteiger partial charge in [0.25, 0.3) is 0 Å². The molecule has 1 aromatic carbocycles. The number of carbonyl (C=O) groups is 1. The first-order chi connectivity index (χ1) is 9.16. The van der Waals surface area contributed by atoms with Gasteiger partial charge in [-0.05, 0) is 42.8 Å². The molecule has 0 aliphatic heterocycles. The first-order valence-corrected chi connectivity index (χ1v) is 7.00. The van der Waals surface area contributed by atoms with Crippen molar-refractivity contribution in [2.45, 2.75) is 44.6 Å². The normalized spacial score (nSPS) is 17.9. The van der Waals surface area contributed by atoms with E-state index in [2.05, 4.69) is 16.8 Å². The summed E-state index contributed by atoms with van der Waals surface area (Å²) in [5.41, 5.74) is 2.07. The van der Waals surface area contributed by atoms with Gasteiger partial charge in [-0.2, -0.15) is 0 Å². The molecular weight excluding hydrogens is 238 g/mol. The van der Waals surface area contributed by atoms with Crippen LogP contribution in [0.5, 0.6) is 0 Å². The van der Waals surface area contributed by atoms with Crippen LogP contribution in [-0.2, 0) is 4.79 Å². The van der Waals surface area contributed by atoms with E-state index in [1.54, 1.807) is 6.92 Å². The summed E-state index contributed by atoms with van der Waals surface area (Å²) >= 11 is 0. The highest BCUT2D eigenvalue weighted by Gasteiger charge is 2.19. The second kappa shape index (κ2) is 4.72. The number of fused-ring (bicyclic) bond motifs is 1. The third kappa shape index (κ3) is 2.14. The maximum Gasteiger partial charge on any atom is 0.310 e. The minimum atomic E-state index is -0.765. The lowest BCUT2D eigenvalue weighted by atomic mass is 10.0. The van der Waals surface area contributed by atoms with E-state index >= 15 is 0 Å². The summed E-state index contributed by atoms with van der Waals surface area (Å²) in [6.45, 7) is 1.74. The minimum Gasteiger partial charge on any atom is -0.481 e. The number of aliphatic carboxylic acids is 1. The molecule has 1 N–H and O–H groups in total. The van der Waals surface area contributed by atoms with Gasteiger partial charge in [0.1, 0.15) is 0 Å². The van der Waals surface area contributed by atoms with E-state index in [9.17, 15) is 4.79 Å². The molecule has 1 atom stereocenters. The summed E-state index contributed by atoms with van der Waals surface area (Å²) < 4.78 is 2.33. The Morgan fingerprint density at radius 3 is 2.74 bits per heavy atom. The van der Waals surface area contributed by atoms with Crippen LogP contribution in [0.2, 0.25) is 0 Å². The fraction of sp³-hybridized carbons (Fsp3) is 0.438. The molecule has 1 fully saturated rings. The Balaban J connectivity index is 2.05. The molecule has 0 amide bonds. The molecule has 1 aliphatic rings. The lowest BCUT2D eigenvalue weighted by Crippen LogP contribution is -2.08. The quantitative estimate of drug-likeness (QED) is 0.904. The minimum absolute atomic E-state index is 0.448. The third-order valence-corrected chi connectivity index (χ3v) is 4.34. The van der Waals surface area contributed by atoms with Gasteiger partial charge >= 0.3 is 5.97 Å². The summed E-state index contributed by atoms with van der Waals surface area (Å²) in [5.74, 6) is -1.21. The Morgan fingerprint density at radius 2 is 2.05 bits per heavy atom. The van der Waals surface area contributed by atoms with Gasteiger partial charge in [-0.3, -0.25) is 4.79 Å². The van der Waals surface area contributed by atoms with Gasteiger partial charge in [0.15, 0.2) is 0 Å². The molecule has 1 aromatic heterocycles. The summed E-state index contributed by atoms with van der Waals surface area (Å²) in [6, 6.07) is 8.73. The van der Waals surface area contributed by atoms with Crippen molar-refractivity contribution in [2.24, 2.45) is 0 Å². The number of carboxylic acid groups (broad SMARTS) is 1. The number of carboxylic acids is 1. The second-order valence-corrected chi connectivity index (χ2v) is 5.54. The van der Waals surface area contributed by atoms with Crippen molar-refractivity contribution in [2.75, 3.05) is 0 Å². The number of hydrogen-bond donors (Lipinski definition) is 1. The highest BCUT2D eigenvalue weighted by molar-refractivity contribution is 5.83. The lowest BCUT2D eigenvalue weighted by Gasteiger charge is -2.14. The van der Waals surface area contributed by atoms with Crippen molar-refractivity contribution in [3.05, 3.63) is 36.0 Å². The zero-order valence-corrected chi connectivity index (χ0v) is 11.2. The highest BCUT2D eigenvalue weighted by atomic mass is 16.4. The van der Waals surface area contributed by atoms with Crippen LogP contribution in [0.4, 0.5) is 0 Å². The number of aromatic nitrogens is 1. The molecule has 1 heterocycles. The summed E-state index contributed by atoms with van der Waals surface area (Å²) in [5, 5.41) is 10.3. The van der Waals surface area contributed by atoms with E-state index in [0.29, 0.717) is 6.04 Å². The Hall–Kier alpha value is -1.77. The van der Waals surface area contributed by atoms with Crippen molar-refractivity contribution in [1.29, 1.82) is 0 Å². The maximum atomic E-state index is 11.1. The Labute approximate surface area is 112 Å². The first kappa shape index (κ1) is 12.3. The van der Waals surface area contributed by atoms with Crippen molar-refractivity contribution in [3.63, 3.8) is 0 Å². The largest absolute Gasteiger partial charge is 0.481 e.